The zero-order valence-electron chi connectivity index (χ0n) is 10.8. The van der Waals surface area contributed by atoms with Crippen molar-refractivity contribution in [1.29, 1.82) is 0 Å². The predicted octanol–water partition coefficient (Wildman–Crippen LogP) is 2.75. The molecule has 0 spiro atoms. The largest absolute Gasteiger partial charge is 0.279 e. The molecule has 1 heterocycles. The second-order valence-electron chi connectivity index (χ2n) is 4.15. The Bertz CT molecular complexity index is 808. The van der Waals surface area contributed by atoms with Gasteiger partial charge in [-0.3, -0.25) is 14.8 Å². The van der Waals surface area contributed by atoms with Gasteiger partial charge < -0.3 is 0 Å². The van der Waals surface area contributed by atoms with Crippen molar-refractivity contribution in [3.8, 4) is 0 Å². The first-order valence-electron chi connectivity index (χ1n) is 5.69. The van der Waals surface area contributed by atoms with E-state index < -0.39 is 14.9 Å². The number of aryl methyl sites for hydroxylation is 1. The van der Waals surface area contributed by atoms with Gasteiger partial charge in [0, 0.05) is 18.3 Å². The average molecular weight is 328 g/mol. The molecule has 0 fully saturated rings. The van der Waals surface area contributed by atoms with E-state index in [-0.39, 0.29) is 21.4 Å². The lowest BCUT2D eigenvalue weighted by Gasteiger charge is -2.11. The Morgan fingerprint density at radius 1 is 1.33 bits per heavy atom. The van der Waals surface area contributed by atoms with Gasteiger partial charge in [0.2, 0.25) is 0 Å². The highest BCUT2D eigenvalue weighted by atomic mass is 35.5. The number of hydrogen-bond donors (Lipinski definition) is 1. The summed E-state index contributed by atoms with van der Waals surface area (Å²) < 4.78 is 26.8. The zero-order valence-corrected chi connectivity index (χ0v) is 12.4. The molecule has 1 aromatic heterocycles. The number of non-ortho nitro benzene ring substituents is 1. The lowest BCUT2D eigenvalue weighted by molar-refractivity contribution is -0.384. The van der Waals surface area contributed by atoms with Gasteiger partial charge in [-0.25, -0.2) is 13.4 Å². The minimum absolute atomic E-state index is 0.115. The molecule has 0 aliphatic rings. The molecule has 0 unspecified atom stereocenters. The molecule has 0 radical (unpaired) electrons. The van der Waals surface area contributed by atoms with E-state index >= 15 is 0 Å². The van der Waals surface area contributed by atoms with Crippen molar-refractivity contribution < 1.29 is 13.3 Å². The van der Waals surface area contributed by atoms with Crippen LogP contribution in [0.25, 0.3) is 0 Å². The summed E-state index contributed by atoms with van der Waals surface area (Å²) in [4.78, 5) is 13.6. The summed E-state index contributed by atoms with van der Waals surface area (Å²) >= 11 is 5.76. The third-order valence-corrected chi connectivity index (χ3v) is 4.50. The van der Waals surface area contributed by atoms with Gasteiger partial charge in [-0.2, -0.15) is 0 Å². The minimum Gasteiger partial charge on any atom is -0.279 e. The van der Waals surface area contributed by atoms with Gasteiger partial charge in [0.25, 0.3) is 15.7 Å². The van der Waals surface area contributed by atoms with Gasteiger partial charge in [-0.05, 0) is 24.6 Å². The maximum absolute atomic E-state index is 12.3. The standard InChI is InChI=1S/C12H10ClN3O4S/c1-8-4-5-9(16(17)18)7-10(8)15-21(19,20)11-3-2-6-14-12(11)13/h2-7,15H,1H3. The Labute approximate surface area is 125 Å². The highest BCUT2D eigenvalue weighted by molar-refractivity contribution is 7.92. The van der Waals surface area contributed by atoms with E-state index in [1.54, 1.807) is 6.92 Å². The molecule has 0 amide bonds. The van der Waals surface area contributed by atoms with Crippen LogP contribution in [-0.4, -0.2) is 18.3 Å². The van der Waals surface area contributed by atoms with Gasteiger partial charge in [0.1, 0.15) is 10.0 Å². The van der Waals surface area contributed by atoms with Crippen molar-refractivity contribution in [2.24, 2.45) is 0 Å². The SMILES string of the molecule is Cc1ccc([N+](=O)[O-])cc1NS(=O)(=O)c1cccnc1Cl. The number of pyridine rings is 1. The number of sulfonamides is 1. The summed E-state index contributed by atoms with van der Waals surface area (Å²) in [6.45, 7) is 1.63. The number of hydrogen-bond acceptors (Lipinski definition) is 5. The molecule has 2 aromatic rings. The number of nitro benzene ring substituents is 1. The number of rotatable bonds is 4. The van der Waals surface area contributed by atoms with Crippen LogP contribution in [0.1, 0.15) is 5.56 Å². The second-order valence-corrected chi connectivity index (χ2v) is 6.16. The second kappa shape index (κ2) is 5.66. The van der Waals surface area contributed by atoms with Crippen LogP contribution in [-0.2, 0) is 10.0 Å². The number of aromatic nitrogens is 1. The van der Waals surface area contributed by atoms with Crippen LogP contribution >= 0.6 is 11.6 Å². The quantitative estimate of drug-likeness (QED) is 0.528. The topological polar surface area (TPSA) is 102 Å². The first-order chi connectivity index (χ1) is 9.81. The zero-order chi connectivity index (χ0) is 15.6. The van der Waals surface area contributed by atoms with Gasteiger partial charge >= 0.3 is 0 Å². The van der Waals surface area contributed by atoms with Crippen LogP contribution in [0.15, 0.2) is 41.4 Å². The Morgan fingerprint density at radius 2 is 2.05 bits per heavy atom. The summed E-state index contributed by atoms with van der Waals surface area (Å²) in [6, 6.07) is 6.63. The molecule has 0 aliphatic carbocycles. The van der Waals surface area contributed by atoms with Gasteiger partial charge in [0.15, 0.2) is 0 Å². The number of anilines is 1. The first-order valence-corrected chi connectivity index (χ1v) is 7.56. The summed E-state index contributed by atoms with van der Waals surface area (Å²) in [5.74, 6) is 0. The van der Waals surface area contributed by atoms with Crippen LogP contribution in [0.5, 0.6) is 0 Å². The van der Waals surface area contributed by atoms with Crippen LogP contribution in [0.4, 0.5) is 11.4 Å². The Kier molecular flexibility index (Phi) is 4.10. The molecule has 0 bridgehead atoms. The molecule has 9 heteroatoms. The lowest BCUT2D eigenvalue weighted by atomic mass is 10.2. The molecule has 21 heavy (non-hydrogen) atoms. The highest BCUT2D eigenvalue weighted by Crippen LogP contribution is 2.26. The van der Waals surface area contributed by atoms with Gasteiger partial charge in [-0.1, -0.05) is 17.7 Å². The number of nitrogens with one attached hydrogen (secondary N) is 1. The predicted molar refractivity (Wildman–Crippen MR) is 77.9 cm³/mol. The monoisotopic (exact) mass is 327 g/mol. The lowest BCUT2D eigenvalue weighted by Crippen LogP contribution is -2.14. The van der Waals surface area contributed by atoms with Crippen molar-refractivity contribution in [2.45, 2.75) is 11.8 Å². The molecule has 7 nitrogen and oxygen atoms in total. The Hall–Kier alpha value is -2.19. The summed E-state index contributed by atoms with van der Waals surface area (Å²) in [5.41, 5.74) is 0.448. The molecule has 1 N–H and O–H groups in total. The molecular formula is C12H10ClN3O4S. The fourth-order valence-corrected chi connectivity index (χ4v) is 3.18. The number of halogens is 1. The first kappa shape index (κ1) is 15.2. The molecule has 0 aliphatic heterocycles. The maximum atomic E-state index is 12.3. The average Bonchev–Trinajstić information content (AvgIpc) is 2.41. The molecular weight excluding hydrogens is 318 g/mol. The fourth-order valence-electron chi connectivity index (χ4n) is 1.60. The van der Waals surface area contributed by atoms with Crippen molar-refractivity contribution >= 4 is 33.0 Å². The van der Waals surface area contributed by atoms with Crippen LogP contribution < -0.4 is 4.72 Å². The number of benzene rings is 1. The van der Waals surface area contributed by atoms with E-state index in [0.717, 1.165) is 6.07 Å². The van der Waals surface area contributed by atoms with E-state index in [1.807, 2.05) is 0 Å². The fraction of sp³-hybridized carbons (Fsp3) is 0.0833. The van der Waals surface area contributed by atoms with Crippen LogP contribution in [0, 0.1) is 17.0 Å². The van der Waals surface area contributed by atoms with Crippen molar-refractivity contribution in [3.63, 3.8) is 0 Å². The molecule has 2 rings (SSSR count). The maximum Gasteiger partial charge on any atom is 0.271 e. The number of nitrogens with zero attached hydrogens (tertiary/aromatic N) is 2. The highest BCUT2D eigenvalue weighted by Gasteiger charge is 2.20. The van der Waals surface area contributed by atoms with Crippen molar-refractivity contribution in [2.75, 3.05) is 4.72 Å². The third kappa shape index (κ3) is 3.29. The van der Waals surface area contributed by atoms with Gasteiger partial charge in [0.05, 0.1) is 10.6 Å². The van der Waals surface area contributed by atoms with E-state index in [4.69, 9.17) is 11.6 Å². The number of nitro groups is 1. The van der Waals surface area contributed by atoms with Crippen molar-refractivity contribution in [1.82, 2.24) is 4.98 Å². The van der Waals surface area contributed by atoms with Crippen LogP contribution in [0.3, 0.4) is 0 Å². The third-order valence-electron chi connectivity index (χ3n) is 2.69. The van der Waals surface area contributed by atoms with Crippen LogP contribution in [0.2, 0.25) is 5.15 Å². The van der Waals surface area contributed by atoms with Gasteiger partial charge in [-0.15, -0.1) is 0 Å². The molecule has 0 saturated heterocycles. The van der Waals surface area contributed by atoms with E-state index in [9.17, 15) is 18.5 Å². The summed E-state index contributed by atoms with van der Waals surface area (Å²) in [7, 11) is -3.98. The van der Waals surface area contributed by atoms with E-state index in [0.29, 0.717) is 5.56 Å². The molecule has 110 valence electrons. The van der Waals surface area contributed by atoms with E-state index in [2.05, 4.69) is 9.71 Å². The smallest absolute Gasteiger partial charge is 0.271 e. The normalized spacial score (nSPS) is 11.1. The van der Waals surface area contributed by atoms with E-state index in [1.165, 1.54) is 30.5 Å². The summed E-state index contributed by atoms with van der Waals surface area (Å²) in [5, 5.41) is 10.6. The Morgan fingerprint density at radius 3 is 2.67 bits per heavy atom. The molecule has 1 aromatic carbocycles. The van der Waals surface area contributed by atoms with Crippen molar-refractivity contribution in [3.05, 3.63) is 57.4 Å². The minimum atomic E-state index is -3.98. The summed E-state index contributed by atoms with van der Waals surface area (Å²) in [6.07, 6.45) is 1.36. The Balaban J connectivity index is 2.44. The molecule has 0 saturated carbocycles. The molecule has 0 atom stereocenters.